The molecule has 5 nitrogen and oxygen atoms in total. The largest absolute Gasteiger partial charge is 1.00 e. The summed E-state index contributed by atoms with van der Waals surface area (Å²) in [7, 11) is 2.77. The zero-order chi connectivity index (χ0) is 15.8. The Morgan fingerprint density at radius 1 is 1.05 bits per heavy atom. The highest BCUT2D eigenvalue weighted by Crippen LogP contribution is 1.92. The zero-order valence-corrected chi connectivity index (χ0v) is 19.1. The summed E-state index contributed by atoms with van der Waals surface area (Å²) in [6, 6.07) is 0. The summed E-state index contributed by atoms with van der Waals surface area (Å²) in [5.41, 5.74) is 0. The third-order valence-electron chi connectivity index (χ3n) is 2.53. The van der Waals surface area contributed by atoms with E-state index in [2.05, 4.69) is 44.8 Å². The van der Waals surface area contributed by atoms with Crippen LogP contribution in [0.25, 0.3) is 0 Å². The molecule has 0 aliphatic rings. The summed E-state index contributed by atoms with van der Waals surface area (Å²) in [5.74, 6) is 4.15. The molecule has 0 unspecified atom stereocenters. The van der Waals surface area contributed by atoms with Gasteiger partial charge in [0.2, 0.25) is 6.33 Å². The summed E-state index contributed by atoms with van der Waals surface area (Å²) in [6.45, 7) is 10.0. The van der Waals surface area contributed by atoms with Crippen molar-refractivity contribution in [3.8, 4) is 12.4 Å². The number of nitrogens with one attached hydrogen (secondary N) is 1. The van der Waals surface area contributed by atoms with Crippen molar-refractivity contribution >= 4 is 10.9 Å². The maximum atomic E-state index is 7.48. The van der Waals surface area contributed by atoms with E-state index in [1.807, 2.05) is 17.8 Å². The van der Waals surface area contributed by atoms with Gasteiger partial charge in [0.25, 0.3) is 0 Å². The van der Waals surface area contributed by atoms with Gasteiger partial charge in [-0.05, 0) is 38.6 Å². The van der Waals surface area contributed by atoms with Crippen LogP contribution in [0, 0.1) is 22.9 Å². The second kappa shape index (κ2) is 23.1. The number of hydrogen-bond donors (Lipinski definition) is 1. The van der Waals surface area contributed by atoms with Crippen LogP contribution in [-0.2, 0) is 24.5 Å². The predicted octanol–water partition coefficient (Wildman–Crippen LogP) is -4.46. The van der Waals surface area contributed by atoms with Crippen molar-refractivity contribution in [3.63, 3.8) is 0 Å². The molecule has 0 atom stereocenters. The van der Waals surface area contributed by atoms with Gasteiger partial charge in [-0.1, -0.05) is 0 Å². The third kappa shape index (κ3) is 19.8. The molecule has 1 aromatic rings. The number of aromatic nitrogens is 2. The molecule has 0 radical (unpaired) electrons. The topological polar surface area (TPSA) is 68.4 Å². The Morgan fingerprint density at radius 3 is 1.59 bits per heavy atom. The highest BCUT2D eigenvalue weighted by molar-refractivity contribution is 7.96. The second-order valence-corrected chi connectivity index (χ2v) is 6.69. The van der Waals surface area contributed by atoms with Crippen LogP contribution in [0.3, 0.4) is 0 Å². The van der Waals surface area contributed by atoms with Gasteiger partial charge in [0.1, 0.15) is 29.7 Å². The maximum absolute atomic E-state index is 7.48. The molecule has 0 aliphatic carbocycles. The van der Waals surface area contributed by atoms with E-state index in [0.29, 0.717) is 0 Å². The molecule has 0 spiro atoms. The van der Waals surface area contributed by atoms with Gasteiger partial charge in [-0.3, -0.25) is 0 Å². The summed E-state index contributed by atoms with van der Waals surface area (Å²) in [5, 5.41) is 16.7. The zero-order valence-electron chi connectivity index (χ0n) is 14.0. The number of aryl methyl sites for hydroxylation is 2. The molecule has 0 amide bonds. The number of rotatable bonds is 4. The molecule has 22 heavy (non-hydrogen) atoms. The van der Waals surface area contributed by atoms with Crippen molar-refractivity contribution in [1.82, 2.24) is 9.88 Å². The minimum atomic E-state index is 0. The standard InChI is InChI=1S/C6H11N2.C6H15S.C2HN3.2HI/c1-3-8-5-4-7(2)6-8;1-4-7(5-2)6-3;3-1-5-2-4;;/h4-6H,3H2,1-2H3;4-6H2,1-3H3;5H;2*1H/q2*+1;;;/p-2. The predicted molar refractivity (Wildman–Crippen MR) is 84.6 cm³/mol. The fourth-order valence-corrected chi connectivity index (χ4v) is 2.55. The Kier molecular flexibility index (Phi) is 31.2. The summed E-state index contributed by atoms with van der Waals surface area (Å²) < 4.78 is 4.16. The van der Waals surface area contributed by atoms with Gasteiger partial charge in [-0.25, -0.2) is 14.5 Å². The lowest BCUT2D eigenvalue weighted by Gasteiger charge is -1.96. The van der Waals surface area contributed by atoms with Crippen molar-refractivity contribution in [2.75, 3.05) is 17.3 Å². The molecular formula is C14H27I2N5S. The fraction of sp³-hybridized carbons (Fsp3) is 0.643. The highest BCUT2D eigenvalue weighted by atomic mass is 127. The van der Waals surface area contributed by atoms with Crippen molar-refractivity contribution in [3.05, 3.63) is 18.7 Å². The number of nitrogens with zero attached hydrogens (tertiary/aromatic N) is 4. The molecule has 0 saturated carbocycles. The molecule has 0 aromatic carbocycles. The molecule has 0 fully saturated rings. The molecule has 0 aliphatic heterocycles. The molecule has 128 valence electrons. The quantitative estimate of drug-likeness (QED) is 0.135. The monoisotopic (exact) mass is 551 g/mol. The van der Waals surface area contributed by atoms with Crippen molar-refractivity contribution in [2.24, 2.45) is 7.05 Å². The van der Waals surface area contributed by atoms with Crippen molar-refractivity contribution in [1.29, 1.82) is 10.5 Å². The average molecular weight is 551 g/mol. The SMILES string of the molecule is CC[S+](CC)CC.CC[n+]1ccn(C)c1.N#CNC#N.[I-].[I-]. The van der Waals surface area contributed by atoms with Gasteiger partial charge in [0, 0.05) is 0 Å². The van der Waals surface area contributed by atoms with Crippen molar-refractivity contribution < 1.29 is 52.5 Å². The molecule has 1 rings (SSSR count). The Labute approximate surface area is 172 Å². The van der Waals surface area contributed by atoms with E-state index in [1.54, 1.807) is 5.32 Å². The van der Waals surface area contributed by atoms with Gasteiger partial charge < -0.3 is 48.0 Å². The van der Waals surface area contributed by atoms with Crippen LogP contribution in [0.4, 0.5) is 0 Å². The second-order valence-electron chi connectivity index (χ2n) is 3.74. The minimum absolute atomic E-state index is 0. The average Bonchev–Trinajstić information content (AvgIpc) is 2.89. The Bertz CT molecular complexity index is 391. The first-order valence-electron chi connectivity index (χ1n) is 6.77. The van der Waals surface area contributed by atoms with E-state index in [-0.39, 0.29) is 48.0 Å². The first kappa shape index (κ1) is 29.8. The van der Waals surface area contributed by atoms with Crippen LogP contribution in [0.15, 0.2) is 18.7 Å². The van der Waals surface area contributed by atoms with Crippen LogP contribution < -0.4 is 57.8 Å². The van der Waals surface area contributed by atoms with E-state index < -0.39 is 0 Å². The molecule has 0 saturated heterocycles. The normalized spacial score (nSPS) is 7.64. The van der Waals surface area contributed by atoms with Gasteiger partial charge in [0.05, 0.1) is 13.6 Å². The first-order chi connectivity index (χ1) is 9.59. The summed E-state index contributed by atoms with van der Waals surface area (Å²) >= 11 is 0. The van der Waals surface area contributed by atoms with E-state index in [1.165, 1.54) is 29.6 Å². The summed E-state index contributed by atoms with van der Waals surface area (Å²) in [4.78, 5) is 0. The molecule has 1 heterocycles. The molecule has 8 heteroatoms. The maximum Gasteiger partial charge on any atom is 0.243 e. The van der Waals surface area contributed by atoms with E-state index in [9.17, 15) is 0 Å². The Morgan fingerprint density at radius 2 is 1.50 bits per heavy atom. The van der Waals surface area contributed by atoms with E-state index in [0.717, 1.165) is 17.4 Å². The first-order valence-corrected chi connectivity index (χ1v) is 8.50. The Hall–Kier alpha value is -0.200. The number of nitriles is 2. The van der Waals surface area contributed by atoms with Gasteiger partial charge in [-0.15, -0.1) is 0 Å². The lowest BCUT2D eigenvalue weighted by molar-refractivity contribution is -0.693. The molecule has 0 bridgehead atoms. The van der Waals surface area contributed by atoms with Gasteiger partial charge in [-0.2, -0.15) is 10.5 Å². The van der Waals surface area contributed by atoms with Gasteiger partial charge in [0.15, 0.2) is 12.4 Å². The van der Waals surface area contributed by atoms with Crippen LogP contribution in [0.5, 0.6) is 0 Å². The Balaban J connectivity index is -0.000000109. The van der Waals surface area contributed by atoms with Crippen LogP contribution in [0.1, 0.15) is 27.7 Å². The fourth-order valence-electron chi connectivity index (χ4n) is 1.33. The number of halogens is 2. The minimum Gasteiger partial charge on any atom is -1.00 e. The summed E-state index contributed by atoms with van der Waals surface area (Å²) in [6.07, 6.45) is 8.95. The van der Waals surface area contributed by atoms with Crippen molar-refractivity contribution in [2.45, 2.75) is 34.2 Å². The molecule has 1 N–H and O–H groups in total. The van der Waals surface area contributed by atoms with Gasteiger partial charge >= 0.3 is 0 Å². The number of hydrogen-bond acceptors (Lipinski definition) is 3. The lowest BCUT2D eigenvalue weighted by atomic mass is 10.7. The molecular weight excluding hydrogens is 524 g/mol. The smallest absolute Gasteiger partial charge is 0.243 e. The lowest BCUT2D eigenvalue weighted by Crippen LogP contribution is -3.00. The van der Waals surface area contributed by atoms with Crippen LogP contribution in [-0.4, -0.2) is 21.8 Å². The highest BCUT2D eigenvalue weighted by Gasteiger charge is 2.05. The molecule has 1 aromatic heterocycles. The van der Waals surface area contributed by atoms with E-state index in [4.69, 9.17) is 10.5 Å². The number of imidazole rings is 1. The van der Waals surface area contributed by atoms with E-state index >= 15 is 0 Å². The van der Waals surface area contributed by atoms with Crippen LogP contribution in [0.2, 0.25) is 0 Å². The third-order valence-corrected chi connectivity index (χ3v) is 4.97. The van der Waals surface area contributed by atoms with Crippen LogP contribution >= 0.6 is 0 Å².